The van der Waals surface area contributed by atoms with Gasteiger partial charge in [-0.1, -0.05) is 23.7 Å². The summed E-state index contributed by atoms with van der Waals surface area (Å²) >= 11 is 11.3. The maximum Gasteiger partial charge on any atom is 0.226 e. The van der Waals surface area contributed by atoms with Crippen LogP contribution in [-0.4, -0.2) is 14.8 Å². The van der Waals surface area contributed by atoms with Crippen LogP contribution in [0.4, 0.5) is 10.3 Å². The zero-order valence-corrected chi connectivity index (χ0v) is 18.9. The Morgan fingerprint density at radius 1 is 1.19 bits per heavy atom. The lowest BCUT2D eigenvalue weighted by Gasteiger charge is -2.38. The summed E-state index contributed by atoms with van der Waals surface area (Å²) in [4.78, 5) is 5.51. The van der Waals surface area contributed by atoms with Gasteiger partial charge in [0, 0.05) is 21.0 Å². The number of hydrogen-bond acceptors (Lipinski definition) is 5. The Kier molecular flexibility index (Phi) is 4.41. The summed E-state index contributed by atoms with van der Waals surface area (Å²) in [5.74, 6) is 1.01. The molecule has 0 saturated carbocycles. The number of rotatable bonds is 2. The van der Waals surface area contributed by atoms with E-state index >= 15 is 0 Å². The summed E-state index contributed by atoms with van der Waals surface area (Å²) in [7, 11) is 0. The zero-order chi connectivity index (χ0) is 21.1. The molecule has 4 heterocycles. The summed E-state index contributed by atoms with van der Waals surface area (Å²) in [6.45, 7) is 0. The van der Waals surface area contributed by atoms with E-state index in [-0.39, 0.29) is 11.9 Å². The molecular formula is C22H13BrClFN4OS. The lowest BCUT2D eigenvalue weighted by atomic mass is 9.87. The Bertz CT molecular complexity index is 1350. The standard InChI is InChI=1S/C22H13BrClFN4OS/c23-14-8-11(3-5-15(14)25)21-18-19(13-9-12(24)4-6-16(13)30-21)28-22-26-10-27-29(22)20(18)17-2-1-7-31-17/h1-10,20-21H,(H,26,27,28)/t20-,21+/m0/s1. The van der Waals surface area contributed by atoms with E-state index in [1.807, 2.05) is 28.3 Å². The molecule has 2 aromatic carbocycles. The lowest BCUT2D eigenvalue weighted by Crippen LogP contribution is -2.32. The molecule has 1 N–H and O–H groups in total. The molecule has 31 heavy (non-hydrogen) atoms. The summed E-state index contributed by atoms with van der Waals surface area (Å²) in [5, 5.41) is 10.6. The fourth-order valence-electron chi connectivity index (χ4n) is 4.11. The van der Waals surface area contributed by atoms with E-state index in [2.05, 4.69) is 37.4 Å². The van der Waals surface area contributed by atoms with E-state index in [1.54, 1.807) is 29.5 Å². The summed E-state index contributed by atoms with van der Waals surface area (Å²) in [6, 6.07) is 14.3. The fourth-order valence-corrected chi connectivity index (χ4v) is 5.51. The monoisotopic (exact) mass is 514 g/mol. The van der Waals surface area contributed by atoms with Crippen LogP contribution in [0.15, 0.2) is 70.3 Å². The molecule has 0 amide bonds. The molecule has 9 heteroatoms. The molecule has 4 aromatic rings. The molecule has 0 radical (unpaired) electrons. The molecule has 2 aromatic heterocycles. The van der Waals surface area contributed by atoms with Crippen molar-refractivity contribution in [1.29, 1.82) is 0 Å². The quantitative estimate of drug-likeness (QED) is 0.333. The second-order valence-corrected chi connectivity index (χ2v) is 9.48. The van der Waals surface area contributed by atoms with Crippen molar-refractivity contribution in [2.24, 2.45) is 0 Å². The van der Waals surface area contributed by atoms with Crippen molar-refractivity contribution in [2.75, 3.05) is 5.32 Å². The van der Waals surface area contributed by atoms with Crippen LogP contribution >= 0.6 is 38.9 Å². The molecule has 0 fully saturated rings. The number of halogens is 3. The minimum Gasteiger partial charge on any atom is -0.480 e. The van der Waals surface area contributed by atoms with Gasteiger partial charge in [0.1, 0.15) is 30.0 Å². The van der Waals surface area contributed by atoms with Crippen molar-refractivity contribution < 1.29 is 9.13 Å². The predicted molar refractivity (Wildman–Crippen MR) is 122 cm³/mol. The fraction of sp³-hybridized carbons (Fsp3) is 0.0909. The van der Waals surface area contributed by atoms with E-state index in [9.17, 15) is 4.39 Å². The number of ether oxygens (including phenoxy) is 1. The van der Waals surface area contributed by atoms with Crippen molar-refractivity contribution in [2.45, 2.75) is 12.1 Å². The van der Waals surface area contributed by atoms with Gasteiger partial charge >= 0.3 is 0 Å². The van der Waals surface area contributed by atoms with E-state index in [0.717, 1.165) is 27.3 Å². The summed E-state index contributed by atoms with van der Waals surface area (Å²) in [5.41, 5.74) is 3.53. The first kappa shape index (κ1) is 19.0. The number of nitrogens with zero attached hydrogens (tertiary/aromatic N) is 3. The topological polar surface area (TPSA) is 52.0 Å². The van der Waals surface area contributed by atoms with Crippen molar-refractivity contribution >= 4 is 50.5 Å². The number of anilines is 1. The van der Waals surface area contributed by atoms with Crippen LogP contribution in [0.25, 0.3) is 5.70 Å². The van der Waals surface area contributed by atoms with Gasteiger partial charge in [0.25, 0.3) is 0 Å². The Hall–Kier alpha value is -2.68. The Morgan fingerprint density at radius 3 is 2.90 bits per heavy atom. The Morgan fingerprint density at radius 2 is 2.10 bits per heavy atom. The van der Waals surface area contributed by atoms with Gasteiger partial charge in [-0.3, -0.25) is 0 Å². The van der Waals surface area contributed by atoms with Crippen LogP contribution in [0.5, 0.6) is 5.75 Å². The van der Waals surface area contributed by atoms with E-state index in [1.165, 1.54) is 12.4 Å². The van der Waals surface area contributed by atoms with Gasteiger partial charge in [0.05, 0.1) is 10.2 Å². The molecule has 154 valence electrons. The highest BCUT2D eigenvalue weighted by Gasteiger charge is 2.41. The van der Waals surface area contributed by atoms with Gasteiger partial charge in [-0.05, 0) is 63.3 Å². The van der Waals surface area contributed by atoms with Crippen LogP contribution in [-0.2, 0) is 0 Å². The highest BCUT2D eigenvalue weighted by atomic mass is 79.9. The lowest BCUT2D eigenvalue weighted by molar-refractivity contribution is 0.223. The third-order valence-electron chi connectivity index (χ3n) is 5.44. The van der Waals surface area contributed by atoms with E-state index < -0.39 is 6.10 Å². The third-order valence-corrected chi connectivity index (χ3v) is 7.20. The smallest absolute Gasteiger partial charge is 0.226 e. The molecule has 2 aliphatic heterocycles. The molecular weight excluding hydrogens is 503 g/mol. The number of thiophene rings is 1. The number of aromatic nitrogens is 3. The average molecular weight is 516 g/mol. The largest absolute Gasteiger partial charge is 0.480 e. The van der Waals surface area contributed by atoms with Gasteiger partial charge in [-0.25, -0.2) is 9.07 Å². The second kappa shape index (κ2) is 7.19. The number of benzene rings is 2. The van der Waals surface area contributed by atoms with Crippen molar-refractivity contribution in [1.82, 2.24) is 14.8 Å². The SMILES string of the molecule is Fc1ccc([C@H]2Oc3ccc(Cl)cc3C3=C2[C@H](c2cccs2)n2ncnc2N3)cc1Br. The molecule has 5 nitrogen and oxygen atoms in total. The highest BCUT2D eigenvalue weighted by molar-refractivity contribution is 9.10. The van der Waals surface area contributed by atoms with Crippen LogP contribution in [0.2, 0.25) is 5.02 Å². The minimum absolute atomic E-state index is 0.227. The van der Waals surface area contributed by atoms with Crippen LogP contribution in [0.3, 0.4) is 0 Å². The molecule has 0 spiro atoms. The van der Waals surface area contributed by atoms with Gasteiger partial charge in [0.2, 0.25) is 5.95 Å². The molecule has 2 atom stereocenters. The first-order valence-electron chi connectivity index (χ1n) is 9.45. The first-order chi connectivity index (χ1) is 15.1. The van der Waals surface area contributed by atoms with Gasteiger partial charge < -0.3 is 10.1 Å². The first-order valence-corrected chi connectivity index (χ1v) is 11.5. The van der Waals surface area contributed by atoms with Crippen molar-refractivity contribution in [3.8, 4) is 5.75 Å². The summed E-state index contributed by atoms with van der Waals surface area (Å²) < 4.78 is 22.7. The predicted octanol–water partition coefficient (Wildman–Crippen LogP) is 6.45. The number of hydrogen-bond donors (Lipinski definition) is 1. The van der Waals surface area contributed by atoms with Crippen molar-refractivity contribution in [3.63, 3.8) is 0 Å². The normalized spacial score (nSPS) is 19.2. The molecule has 0 saturated heterocycles. The second-order valence-electron chi connectivity index (χ2n) is 7.21. The maximum atomic E-state index is 14.0. The molecule has 2 aliphatic rings. The molecule has 0 bridgehead atoms. The number of fused-ring (bicyclic) bond motifs is 3. The van der Waals surface area contributed by atoms with Gasteiger partial charge in [-0.15, -0.1) is 11.3 Å². The molecule has 6 rings (SSSR count). The highest BCUT2D eigenvalue weighted by Crippen LogP contribution is 2.51. The van der Waals surface area contributed by atoms with Gasteiger partial charge in [0.15, 0.2) is 0 Å². The van der Waals surface area contributed by atoms with Crippen LogP contribution < -0.4 is 10.1 Å². The third kappa shape index (κ3) is 3.01. The Labute approximate surface area is 194 Å². The average Bonchev–Trinajstić information content (AvgIpc) is 3.46. The van der Waals surface area contributed by atoms with Gasteiger partial charge in [-0.2, -0.15) is 10.1 Å². The van der Waals surface area contributed by atoms with Crippen LogP contribution in [0, 0.1) is 5.82 Å². The van der Waals surface area contributed by atoms with E-state index in [4.69, 9.17) is 16.3 Å². The minimum atomic E-state index is -0.461. The summed E-state index contributed by atoms with van der Waals surface area (Å²) in [6.07, 6.45) is 1.07. The van der Waals surface area contributed by atoms with Crippen molar-refractivity contribution in [3.05, 3.63) is 97.1 Å². The van der Waals surface area contributed by atoms with E-state index in [0.29, 0.717) is 21.2 Å². The molecule has 0 unspecified atom stereocenters. The maximum absolute atomic E-state index is 14.0. The van der Waals surface area contributed by atoms with Crippen LogP contribution in [0.1, 0.15) is 28.1 Å². The zero-order valence-electron chi connectivity index (χ0n) is 15.7. The molecule has 0 aliphatic carbocycles. The number of nitrogens with one attached hydrogen (secondary N) is 1. The Balaban J connectivity index is 1.64.